The maximum Gasteiger partial charge on any atom is 0.512 e. The number of hydrogen-bond donors (Lipinski definition) is 1. The fraction of sp³-hybridized carbons (Fsp3) is 0. The molecule has 1 N–H and O–H groups in total. The van der Waals surface area contributed by atoms with Crippen LogP contribution in [0.3, 0.4) is 0 Å². The van der Waals surface area contributed by atoms with Crippen LogP contribution >= 0.6 is 0 Å². The highest BCUT2D eigenvalue weighted by Crippen LogP contribution is 1.90. The van der Waals surface area contributed by atoms with E-state index in [0.717, 1.165) is 4.57 Å². The molecule has 0 radical (unpaired) electrons. The number of hydrogen-bond acceptors (Lipinski definition) is 4. The zero-order valence-electron chi connectivity index (χ0n) is 8.59. The molecule has 2 aromatic rings. The molecule has 0 aromatic carbocycles. The minimum atomic E-state index is -3.98. The molecule has 7 nitrogen and oxygen atoms in total. The van der Waals surface area contributed by atoms with Crippen molar-refractivity contribution in [3.05, 3.63) is 49.1 Å². The molecule has 0 unspecified atom stereocenters. The van der Waals surface area contributed by atoms with E-state index in [1.807, 2.05) is 4.72 Å². The Balaban J connectivity index is 2.21. The van der Waals surface area contributed by atoms with E-state index in [9.17, 15) is 13.2 Å². The second-order valence-electron chi connectivity index (χ2n) is 3.07. The molecule has 17 heavy (non-hydrogen) atoms. The first kappa shape index (κ1) is 11.3. The molecular weight excluding hydrogens is 244 g/mol. The van der Waals surface area contributed by atoms with Gasteiger partial charge < -0.3 is 0 Å². The zero-order chi connectivity index (χ0) is 12.3. The average Bonchev–Trinajstić information content (AvgIpc) is 2.84. The summed E-state index contributed by atoms with van der Waals surface area (Å²) in [5, 5.41) is 3.54. The fourth-order valence-electron chi connectivity index (χ4n) is 1.14. The number of nitrogens with zero attached hydrogens (tertiary/aromatic N) is 3. The third kappa shape index (κ3) is 2.48. The molecule has 2 heterocycles. The summed E-state index contributed by atoms with van der Waals surface area (Å²) in [5.41, 5.74) is 0. The quantitative estimate of drug-likeness (QED) is 0.733. The lowest BCUT2D eigenvalue weighted by atomic mass is 10.5. The highest BCUT2D eigenvalue weighted by Gasteiger charge is 2.25. The van der Waals surface area contributed by atoms with Crippen LogP contribution in [0.25, 0.3) is 0 Å². The number of aromatic nitrogens is 3. The number of rotatable bonds is 2. The van der Waals surface area contributed by atoms with Crippen molar-refractivity contribution in [3.63, 3.8) is 0 Å². The summed E-state index contributed by atoms with van der Waals surface area (Å²) >= 11 is 0. The zero-order valence-corrected chi connectivity index (χ0v) is 9.41. The Morgan fingerprint density at radius 1 is 1.18 bits per heavy atom. The van der Waals surface area contributed by atoms with Gasteiger partial charge in [-0.2, -0.15) is 22.9 Å². The number of carbonyl (C=O) groups excluding carboxylic acids is 1. The SMILES string of the molecule is O=C(NS(=O)(=O)n1cccn1)[n+]1ccccc1. The Hall–Kier alpha value is -2.22. The topological polar surface area (TPSA) is 84.9 Å². The van der Waals surface area contributed by atoms with Crippen LogP contribution in [-0.4, -0.2) is 23.6 Å². The van der Waals surface area contributed by atoms with Crippen molar-refractivity contribution in [2.75, 3.05) is 0 Å². The number of nitrogens with one attached hydrogen (secondary N) is 1. The summed E-state index contributed by atoms with van der Waals surface area (Å²) in [6.07, 6.45) is 5.41. The summed E-state index contributed by atoms with van der Waals surface area (Å²) in [4.78, 5) is 11.6. The van der Waals surface area contributed by atoms with Gasteiger partial charge in [-0.1, -0.05) is 6.07 Å². The Morgan fingerprint density at radius 3 is 2.47 bits per heavy atom. The second kappa shape index (κ2) is 4.34. The second-order valence-corrected chi connectivity index (χ2v) is 4.60. The van der Waals surface area contributed by atoms with Gasteiger partial charge >= 0.3 is 16.2 Å². The summed E-state index contributed by atoms with van der Waals surface area (Å²) < 4.78 is 26.9. The minimum absolute atomic E-state index is 0.675. The number of pyridine rings is 1. The van der Waals surface area contributed by atoms with Gasteiger partial charge in [0.25, 0.3) is 0 Å². The predicted octanol–water partition coefficient (Wildman–Crippen LogP) is -0.479. The van der Waals surface area contributed by atoms with Crippen LogP contribution < -0.4 is 9.29 Å². The summed E-state index contributed by atoms with van der Waals surface area (Å²) in [5.74, 6) is 0. The standard InChI is InChI=1S/C9H8N4O3S/c14-9(12-6-2-1-3-7-12)11-17(15,16)13-8-4-5-10-13/h1-8H/p+1. The van der Waals surface area contributed by atoms with Crippen LogP contribution in [0.2, 0.25) is 0 Å². The monoisotopic (exact) mass is 253 g/mol. The molecule has 0 spiro atoms. The van der Waals surface area contributed by atoms with E-state index < -0.39 is 16.2 Å². The maximum atomic E-state index is 11.6. The fourth-order valence-corrected chi connectivity index (χ4v) is 1.97. The Bertz CT molecular complexity index is 607. The molecule has 8 heteroatoms. The minimum Gasteiger partial charge on any atom is -0.195 e. The van der Waals surface area contributed by atoms with Gasteiger partial charge in [0.05, 0.1) is 18.6 Å². The molecule has 0 aliphatic carbocycles. The van der Waals surface area contributed by atoms with Crippen molar-refractivity contribution in [1.29, 1.82) is 0 Å². The third-order valence-corrected chi connectivity index (χ3v) is 3.03. The van der Waals surface area contributed by atoms with E-state index in [1.165, 1.54) is 30.9 Å². The van der Waals surface area contributed by atoms with E-state index in [0.29, 0.717) is 4.09 Å². The largest absolute Gasteiger partial charge is 0.512 e. The Kier molecular flexibility index (Phi) is 2.88. The molecule has 2 rings (SSSR count). The van der Waals surface area contributed by atoms with Crippen molar-refractivity contribution in [1.82, 2.24) is 13.9 Å². The Labute approximate surface area is 97.5 Å². The first-order valence-corrected chi connectivity index (χ1v) is 6.07. The molecule has 2 aromatic heterocycles. The van der Waals surface area contributed by atoms with Crippen molar-refractivity contribution in [2.24, 2.45) is 0 Å². The van der Waals surface area contributed by atoms with Gasteiger partial charge in [-0.05, 0) is 18.2 Å². The first-order chi connectivity index (χ1) is 8.09. The van der Waals surface area contributed by atoms with Gasteiger partial charge in [-0.15, -0.1) is 8.81 Å². The van der Waals surface area contributed by atoms with E-state index in [-0.39, 0.29) is 0 Å². The Morgan fingerprint density at radius 2 is 1.88 bits per heavy atom. The van der Waals surface area contributed by atoms with Crippen LogP contribution in [0.1, 0.15) is 0 Å². The lowest BCUT2D eigenvalue weighted by molar-refractivity contribution is -0.570. The van der Waals surface area contributed by atoms with Crippen molar-refractivity contribution in [3.8, 4) is 0 Å². The highest BCUT2D eigenvalue weighted by atomic mass is 32.2. The van der Waals surface area contributed by atoms with Crippen molar-refractivity contribution in [2.45, 2.75) is 0 Å². The summed E-state index contributed by atoms with van der Waals surface area (Å²) in [7, 11) is -3.98. The van der Waals surface area contributed by atoms with Gasteiger partial charge in [0.15, 0.2) is 0 Å². The van der Waals surface area contributed by atoms with Gasteiger partial charge in [0.1, 0.15) is 0 Å². The molecule has 0 bridgehead atoms. The molecule has 0 aliphatic heterocycles. The van der Waals surface area contributed by atoms with E-state index in [1.54, 1.807) is 18.2 Å². The van der Waals surface area contributed by atoms with E-state index in [4.69, 9.17) is 0 Å². The first-order valence-electron chi connectivity index (χ1n) is 4.63. The van der Waals surface area contributed by atoms with E-state index in [2.05, 4.69) is 5.10 Å². The van der Waals surface area contributed by atoms with Crippen molar-refractivity contribution >= 4 is 16.2 Å². The molecule has 0 aliphatic rings. The van der Waals surface area contributed by atoms with Gasteiger partial charge in [-0.3, -0.25) is 0 Å². The van der Waals surface area contributed by atoms with Crippen LogP contribution in [0.15, 0.2) is 49.1 Å². The molecule has 0 saturated heterocycles. The molecule has 1 amide bonds. The normalized spacial score (nSPS) is 11.1. The summed E-state index contributed by atoms with van der Waals surface area (Å²) in [6.45, 7) is 0. The predicted molar refractivity (Wildman–Crippen MR) is 57.1 cm³/mol. The third-order valence-electron chi connectivity index (χ3n) is 1.89. The molecule has 88 valence electrons. The van der Waals surface area contributed by atoms with Crippen molar-refractivity contribution < 1.29 is 17.8 Å². The van der Waals surface area contributed by atoms with Crippen LogP contribution in [0.5, 0.6) is 0 Å². The van der Waals surface area contributed by atoms with E-state index >= 15 is 0 Å². The molecule has 0 saturated carbocycles. The number of amides is 1. The number of carbonyl (C=O) groups is 1. The highest BCUT2D eigenvalue weighted by molar-refractivity contribution is 7.88. The molecular formula is C9H9N4O3S+. The molecule has 0 fully saturated rings. The van der Waals surface area contributed by atoms with Gasteiger partial charge in [0, 0.05) is 6.20 Å². The maximum absolute atomic E-state index is 11.6. The van der Waals surface area contributed by atoms with Crippen LogP contribution in [0, 0.1) is 0 Å². The lowest BCUT2D eigenvalue weighted by Crippen LogP contribution is -2.52. The van der Waals surface area contributed by atoms with Gasteiger partial charge in [-0.25, -0.2) is 0 Å². The van der Waals surface area contributed by atoms with Gasteiger partial charge in [0.2, 0.25) is 0 Å². The lowest BCUT2D eigenvalue weighted by Gasteiger charge is -1.99. The molecule has 0 atom stereocenters. The average molecular weight is 253 g/mol. The summed E-state index contributed by atoms with van der Waals surface area (Å²) in [6, 6.07) is 5.60. The smallest absolute Gasteiger partial charge is 0.195 e. The van der Waals surface area contributed by atoms with Crippen LogP contribution in [-0.2, 0) is 10.2 Å². The van der Waals surface area contributed by atoms with Crippen LogP contribution in [0.4, 0.5) is 4.79 Å².